The highest BCUT2D eigenvalue weighted by atomic mass is 35.5. The molecule has 37 heavy (non-hydrogen) atoms. The lowest BCUT2D eigenvalue weighted by Crippen LogP contribution is -2.17. The van der Waals surface area contributed by atoms with Gasteiger partial charge >= 0.3 is 0 Å². The smallest absolute Gasteiger partial charge is 0.204 e. The standard InChI is InChI=1S/C28H25ClO8/c1-32-20-11-8-16(12-21(20)33-2)26-18(13-19(30)15-6-9-17(29)10-7-15)25(31)24-22(37-26)14-23(34-3)27(35-4)28(24)36-5/h6-12,14H,13H2,1-5H3. The molecule has 1 aromatic heterocycles. The van der Waals surface area contributed by atoms with E-state index < -0.39 is 5.43 Å². The molecule has 0 aliphatic carbocycles. The van der Waals surface area contributed by atoms with Crippen molar-refractivity contribution in [3.05, 3.63) is 74.9 Å². The van der Waals surface area contributed by atoms with E-state index >= 15 is 0 Å². The Hall–Kier alpha value is -4.17. The molecule has 0 N–H and O–H groups in total. The molecule has 0 bridgehead atoms. The number of halogens is 1. The first-order valence-electron chi connectivity index (χ1n) is 11.2. The number of methoxy groups -OCH3 is 5. The lowest BCUT2D eigenvalue weighted by molar-refractivity contribution is 0.0992. The van der Waals surface area contributed by atoms with E-state index in [2.05, 4.69) is 0 Å². The first-order chi connectivity index (χ1) is 17.9. The molecule has 4 rings (SSSR count). The van der Waals surface area contributed by atoms with Crippen LogP contribution in [0.2, 0.25) is 5.02 Å². The maximum Gasteiger partial charge on any atom is 0.204 e. The van der Waals surface area contributed by atoms with Gasteiger partial charge in [0.1, 0.15) is 16.7 Å². The van der Waals surface area contributed by atoms with Gasteiger partial charge in [-0.05, 0) is 42.5 Å². The first-order valence-corrected chi connectivity index (χ1v) is 11.5. The molecule has 0 unspecified atom stereocenters. The summed E-state index contributed by atoms with van der Waals surface area (Å²) in [6, 6.07) is 13.1. The summed E-state index contributed by atoms with van der Waals surface area (Å²) < 4.78 is 33.5. The summed E-state index contributed by atoms with van der Waals surface area (Å²) in [5.74, 6) is 1.55. The fraction of sp³-hybridized carbons (Fsp3) is 0.214. The van der Waals surface area contributed by atoms with Crippen LogP contribution in [0.1, 0.15) is 15.9 Å². The van der Waals surface area contributed by atoms with Gasteiger partial charge in [0.25, 0.3) is 0 Å². The van der Waals surface area contributed by atoms with E-state index in [9.17, 15) is 9.59 Å². The molecule has 0 amide bonds. The van der Waals surface area contributed by atoms with Crippen LogP contribution >= 0.6 is 11.6 Å². The molecule has 0 aliphatic rings. The molecule has 0 fully saturated rings. The minimum absolute atomic E-state index is 0.128. The predicted molar refractivity (Wildman–Crippen MR) is 140 cm³/mol. The number of fused-ring (bicyclic) bond motifs is 1. The average Bonchev–Trinajstić information content (AvgIpc) is 2.92. The maximum atomic E-state index is 14.0. The minimum Gasteiger partial charge on any atom is -0.493 e. The number of rotatable bonds is 9. The van der Waals surface area contributed by atoms with Crippen molar-refractivity contribution in [1.82, 2.24) is 0 Å². The quantitative estimate of drug-likeness (QED) is 0.262. The lowest BCUT2D eigenvalue weighted by Gasteiger charge is -2.17. The third kappa shape index (κ3) is 4.80. The van der Waals surface area contributed by atoms with Gasteiger partial charge < -0.3 is 28.1 Å². The highest BCUT2D eigenvalue weighted by molar-refractivity contribution is 6.30. The first kappa shape index (κ1) is 25.9. The van der Waals surface area contributed by atoms with Gasteiger partial charge in [-0.1, -0.05) is 11.6 Å². The predicted octanol–water partition coefficient (Wildman–Crippen LogP) is 5.58. The Morgan fingerprint density at radius 1 is 0.784 bits per heavy atom. The van der Waals surface area contributed by atoms with E-state index in [0.29, 0.717) is 33.4 Å². The number of benzene rings is 3. The summed E-state index contributed by atoms with van der Waals surface area (Å²) in [5, 5.41) is 0.627. The molecule has 9 heteroatoms. The third-order valence-electron chi connectivity index (χ3n) is 5.93. The van der Waals surface area contributed by atoms with Crippen molar-refractivity contribution in [1.29, 1.82) is 0 Å². The number of ketones is 1. The molecule has 8 nitrogen and oxygen atoms in total. The number of carbonyl (C=O) groups is 1. The SMILES string of the molecule is COc1ccc(-c2oc3cc(OC)c(OC)c(OC)c3c(=O)c2CC(=O)c2ccc(Cl)cc2)cc1OC. The summed E-state index contributed by atoms with van der Waals surface area (Å²) in [4.78, 5) is 27.3. The van der Waals surface area contributed by atoms with Gasteiger partial charge in [-0.25, -0.2) is 0 Å². The second kappa shape index (κ2) is 10.8. The van der Waals surface area contributed by atoms with Crippen LogP contribution in [-0.2, 0) is 6.42 Å². The Labute approximate surface area is 218 Å². The summed E-state index contributed by atoms with van der Waals surface area (Å²) in [5.41, 5.74) is 0.828. The zero-order valence-electron chi connectivity index (χ0n) is 21.0. The van der Waals surface area contributed by atoms with Gasteiger partial charge in [-0.3, -0.25) is 9.59 Å². The molecule has 0 saturated heterocycles. The number of ether oxygens (including phenoxy) is 5. The molecule has 4 aromatic rings. The summed E-state index contributed by atoms with van der Waals surface area (Å²) in [6.07, 6.45) is -0.235. The van der Waals surface area contributed by atoms with Crippen LogP contribution in [-0.4, -0.2) is 41.3 Å². The van der Waals surface area contributed by atoms with Gasteiger partial charge in [0, 0.05) is 28.6 Å². The maximum absolute atomic E-state index is 14.0. The summed E-state index contributed by atoms with van der Waals surface area (Å²) >= 11 is 5.98. The summed E-state index contributed by atoms with van der Waals surface area (Å²) in [7, 11) is 7.35. The van der Waals surface area contributed by atoms with Crippen molar-refractivity contribution in [2.45, 2.75) is 6.42 Å². The Morgan fingerprint density at radius 3 is 2.03 bits per heavy atom. The summed E-state index contributed by atoms with van der Waals surface area (Å²) in [6.45, 7) is 0. The Kier molecular flexibility index (Phi) is 7.59. The Bertz CT molecular complexity index is 1520. The number of carbonyl (C=O) groups excluding carboxylic acids is 1. The van der Waals surface area contributed by atoms with Crippen LogP contribution in [0.4, 0.5) is 0 Å². The van der Waals surface area contributed by atoms with Crippen LogP contribution in [0.25, 0.3) is 22.3 Å². The highest BCUT2D eigenvalue weighted by Gasteiger charge is 2.26. The zero-order valence-corrected chi connectivity index (χ0v) is 21.7. The fourth-order valence-electron chi connectivity index (χ4n) is 4.12. The molecule has 0 atom stereocenters. The van der Waals surface area contributed by atoms with E-state index in [1.807, 2.05) is 0 Å². The van der Waals surface area contributed by atoms with Crippen molar-refractivity contribution in [2.75, 3.05) is 35.5 Å². The number of hydrogen-bond acceptors (Lipinski definition) is 8. The molecule has 0 saturated carbocycles. The monoisotopic (exact) mass is 524 g/mol. The van der Waals surface area contributed by atoms with Crippen LogP contribution in [0.3, 0.4) is 0 Å². The van der Waals surface area contributed by atoms with Gasteiger partial charge in [0.05, 0.1) is 41.1 Å². The van der Waals surface area contributed by atoms with E-state index in [4.69, 9.17) is 39.7 Å². The number of hydrogen-bond donors (Lipinski definition) is 0. The second-order valence-corrected chi connectivity index (χ2v) is 8.37. The molecular formula is C28H25ClO8. The van der Waals surface area contributed by atoms with Crippen LogP contribution in [0, 0.1) is 0 Å². The minimum atomic E-state index is -0.439. The van der Waals surface area contributed by atoms with Crippen LogP contribution < -0.4 is 29.1 Å². The largest absolute Gasteiger partial charge is 0.493 e. The van der Waals surface area contributed by atoms with Crippen LogP contribution in [0.5, 0.6) is 28.7 Å². The van der Waals surface area contributed by atoms with Gasteiger partial charge in [0.2, 0.25) is 11.2 Å². The normalized spacial score (nSPS) is 10.8. The van der Waals surface area contributed by atoms with E-state index in [1.165, 1.54) is 35.5 Å². The Balaban J connectivity index is 2.03. The average molecular weight is 525 g/mol. The van der Waals surface area contributed by atoms with Crippen molar-refractivity contribution in [2.24, 2.45) is 0 Å². The van der Waals surface area contributed by atoms with Crippen molar-refractivity contribution in [3.63, 3.8) is 0 Å². The molecule has 0 aliphatic heterocycles. The van der Waals surface area contributed by atoms with Crippen molar-refractivity contribution >= 4 is 28.4 Å². The van der Waals surface area contributed by atoms with Gasteiger partial charge in [-0.2, -0.15) is 0 Å². The molecule has 3 aromatic carbocycles. The second-order valence-electron chi connectivity index (χ2n) is 7.93. The van der Waals surface area contributed by atoms with E-state index in [1.54, 1.807) is 48.5 Å². The van der Waals surface area contributed by atoms with E-state index in [-0.39, 0.29) is 46.0 Å². The van der Waals surface area contributed by atoms with Gasteiger partial charge in [-0.15, -0.1) is 0 Å². The fourth-order valence-corrected chi connectivity index (χ4v) is 4.25. The zero-order chi connectivity index (χ0) is 26.7. The third-order valence-corrected chi connectivity index (χ3v) is 6.18. The lowest BCUT2D eigenvalue weighted by atomic mass is 9.97. The van der Waals surface area contributed by atoms with Crippen molar-refractivity contribution < 1.29 is 32.9 Å². The number of Topliss-reactive ketones (excluding diaryl/α,β-unsaturated/α-hetero) is 1. The molecule has 0 spiro atoms. The molecule has 1 heterocycles. The Morgan fingerprint density at radius 2 is 1.43 bits per heavy atom. The molecular weight excluding hydrogens is 500 g/mol. The topological polar surface area (TPSA) is 93.4 Å². The molecule has 192 valence electrons. The molecule has 0 radical (unpaired) electrons. The van der Waals surface area contributed by atoms with Crippen LogP contribution in [0.15, 0.2) is 57.7 Å². The van der Waals surface area contributed by atoms with E-state index in [0.717, 1.165) is 0 Å². The van der Waals surface area contributed by atoms with Crippen molar-refractivity contribution in [3.8, 4) is 40.1 Å². The highest BCUT2D eigenvalue weighted by Crippen LogP contribution is 2.44. The van der Waals surface area contributed by atoms with Gasteiger partial charge in [0.15, 0.2) is 28.8 Å².